The van der Waals surface area contributed by atoms with E-state index in [9.17, 15) is 39.5 Å². The molecule has 0 heterocycles. The van der Waals surface area contributed by atoms with Gasteiger partial charge in [0.05, 0.1) is 16.7 Å². The maximum Gasteiger partial charge on any atom is 0.200 e. The Labute approximate surface area is 186 Å². The fraction of sp³-hybridized carbons (Fsp3) is 0.100. The van der Waals surface area contributed by atoms with Gasteiger partial charge in [-0.25, -0.2) is 39.5 Å². The summed E-state index contributed by atoms with van der Waals surface area (Å²) in [5, 5.41) is 0.242. The quantitative estimate of drug-likeness (QED) is 0.127. The van der Waals surface area contributed by atoms with Gasteiger partial charge in [0, 0.05) is 10.7 Å². The third-order valence-corrected chi connectivity index (χ3v) is 5.72. The monoisotopic (exact) mass is 576 g/mol. The Hall–Kier alpha value is -2.01. The van der Waals surface area contributed by atoms with Crippen LogP contribution in [0.1, 0.15) is 11.1 Å². The van der Waals surface area contributed by atoms with E-state index in [0.717, 1.165) is 0 Å². The molecule has 0 aliphatic heterocycles. The van der Waals surface area contributed by atoms with Gasteiger partial charge in [-0.05, 0) is 22.8 Å². The first-order valence-electron chi connectivity index (χ1n) is 8.18. The third kappa shape index (κ3) is 3.75. The molecule has 31 heavy (non-hydrogen) atoms. The molecule has 0 saturated heterocycles. The standard InChI is InChI=1S/C20H7Br2F9/c21-4-6-1-2-7(5-22)8(3-6)9-12(23)14(25)10(15(26)13(9)24)11-16(27)18(29)20(31)19(30)17(11)28/h1-3H,4-5H2. The van der Waals surface area contributed by atoms with Crippen LogP contribution in [0.3, 0.4) is 0 Å². The predicted octanol–water partition coefficient (Wildman–Crippen LogP) is 8.06. The third-order valence-electron chi connectivity index (χ3n) is 4.47. The van der Waals surface area contributed by atoms with Gasteiger partial charge in [-0.15, -0.1) is 0 Å². The van der Waals surface area contributed by atoms with Crippen molar-refractivity contribution in [3.8, 4) is 22.3 Å². The highest BCUT2D eigenvalue weighted by Gasteiger charge is 2.34. The average Bonchev–Trinajstić information content (AvgIpc) is 2.77. The molecule has 0 amide bonds. The molecule has 0 unspecified atom stereocenters. The Balaban J connectivity index is 2.43. The van der Waals surface area contributed by atoms with Crippen molar-refractivity contribution in [3.63, 3.8) is 0 Å². The van der Waals surface area contributed by atoms with Crippen molar-refractivity contribution in [3.05, 3.63) is 81.7 Å². The molecule has 0 atom stereocenters. The van der Waals surface area contributed by atoms with Crippen molar-refractivity contribution < 1.29 is 39.5 Å². The molecule has 3 aromatic rings. The first-order chi connectivity index (χ1) is 14.6. The number of hydrogen-bond donors (Lipinski definition) is 0. The van der Waals surface area contributed by atoms with Crippen molar-refractivity contribution in [2.24, 2.45) is 0 Å². The Morgan fingerprint density at radius 1 is 0.484 bits per heavy atom. The summed E-state index contributed by atoms with van der Waals surface area (Å²) in [6.07, 6.45) is 0. The number of rotatable bonds is 4. The van der Waals surface area contributed by atoms with E-state index in [0.29, 0.717) is 5.56 Å². The second-order valence-corrected chi connectivity index (χ2v) is 7.33. The lowest BCUT2D eigenvalue weighted by Crippen LogP contribution is -2.10. The minimum absolute atomic E-state index is 0.0202. The van der Waals surface area contributed by atoms with Gasteiger partial charge in [-0.3, -0.25) is 0 Å². The van der Waals surface area contributed by atoms with E-state index in [1.165, 1.54) is 12.1 Å². The molecule has 0 radical (unpaired) electrons. The fourth-order valence-corrected chi connectivity index (χ4v) is 3.81. The van der Waals surface area contributed by atoms with Crippen molar-refractivity contribution >= 4 is 31.9 Å². The summed E-state index contributed by atoms with van der Waals surface area (Å²) >= 11 is 6.19. The van der Waals surface area contributed by atoms with E-state index in [1.54, 1.807) is 6.07 Å². The van der Waals surface area contributed by atoms with Gasteiger partial charge >= 0.3 is 0 Å². The number of hydrogen-bond acceptors (Lipinski definition) is 0. The summed E-state index contributed by atoms with van der Waals surface area (Å²) in [5.41, 5.74) is -4.95. The summed E-state index contributed by atoms with van der Waals surface area (Å²) in [5.74, 6) is -21.7. The molecule has 0 aromatic heterocycles. The molecular formula is C20H7Br2F9. The summed E-state index contributed by atoms with van der Waals surface area (Å²) in [4.78, 5) is 0. The van der Waals surface area contributed by atoms with E-state index in [1.807, 2.05) is 0 Å². The highest BCUT2D eigenvalue weighted by Crippen LogP contribution is 2.41. The van der Waals surface area contributed by atoms with Crippen molar-refractivity contribution in [2.45, 2.75) is 10.7 Å². The maximum absolute atomic E-state index is 14.9. The van der Waals surface area contributed by atoms with Crippen LogP contribution < -0.4 is 0 Å². The van der Waals surface area contributed by atoms with Gasteiger partial charge in [0.25, 0.3) is 0 Å². The molecule has 0 nitrogen and oxygen atoms in total. The van der Waals surface area contributed by atoms with Crippen LogP contribution in [-0.4, -0.2) is 0 Å². The minimum Gasteiger partial charge on any atom is -0.203 e. The lowest BCUT2D eigenvalue weighted by atomic mass is 9.93. The Morgan fingerprint density at radius 2 is 0.871 bits per heavy atom. The van der Waals surface area contributed by atoms with E-state index < -0.39 is 69.0 Å². The number of alkyl halides is 2. The highest BCUT2D eigenvalue weighted by molar-refractivity contribution is 9.08. The molecular weight excluding hydrogens is 571 g/mol. The van der Waals surface area contributed by atoms with Crippen molar-refractivity contribution in [1.29, 1.82) is 0 Å². The molecule has 0 spiro atoms. The molecule has 0 fully saturated rings. The van der Waals surface area contributed by atoms with Crippen LogP contribution in [-0.2, 0) is 10.7 Å². The van der Waals surface area contributed by atoms with Crippen LogP contribution >= 0.6 is 31.9 Å². The largest absolute Gasteiger partial charge is 0.203 e. The number of halogens is 11. The molecule has 0 saturated carbocycles. The summed E-state index contributed by atoms with van der Waals surface area (Å²) in [6, 6.07) is 4.22. The molecule has 0 N–H and O–H groups in total. The zero-order chi connectivity index (χ0) is 23.2. The van der Waals surface area contributed by atoms with E-state index in [4.69, 9.17) is 0 Å². The van der Waals surface area contributed by atoms with Crippen LogP contribution in [0, 0.1) is 52.4 Å². The fourth-order valence-electron chi connectivity index (χ4n) is 2.97. The second-order valence-electron chi connectivity index (χ2n) is 6.21. The Morgan fingerprint density at radius 3 is 1.29 bits per heavy atom. The Bertz CT molecular complexity index is 1150. The van der Waals surface area contributed by atoms with Gasteiger partial charge in [0.15, 0.2) is 46.5 Å². The van der Waals surface area contributed by atoms with Gasteiger partial charge in [0.2, 0.25) is 5.82 Å². The van der Waals surface area contributed by atoms with Crippen LogP contribution in [0.25, 0.3) is 22.3 Å². The summed E-state index contributed by atoms with van der Waals surface area (Å²) in [7, 11) is 0. The van der Waals surface area contributed by atoms with E-state index in [2.05, 4.69) is 31.9 Å². The normalized spacial score (nSPS) is 11.3. The topological polar surface area (TPSA) is 0 Å². The summed E-state index contributed by atoms with van der Waals surface area (Å²) < 4.78 is 127. The molecule has 0 aliphatic carbocycles. The van der Waals surface area contributed by atoms with Crippen molar-refractivity contribution in [1.82, 2.24) is 0 Å². The lowest BCUT2D eigenvalue weighted by Gasteiger charge is -2.16. The van der Waals surface area contributed by atoms with Gasteiger partial charge in [-0.1, -0.05) is 44.0 Å². The zero-order valence-electron chi connectivity index (χ0n) is 14.8. The first kappa shape index (κ1) is 23.6. The molecule has 3 aromatic carbocycles. The summed E-state index contributed by atoms with van der Waals surface area (Å²) in [6.45, 7) is 0. The number of benzene rings is 3. The van der Waals surface area contributed by atoms with Gasteiger partial charge in [-0.2, -0.15) is 0 Å². The predicted molar refractivity (Wildman–Crippen MR) is 102 cm³/mol. The maximum atomic E-state index is 14.9. The van der Waals surface area contributed by atoms with Crippen LogP contribution in [0.15, 0.2) is 18.2 Å². The second kappa shape index (κ2) is 8.85. The zero-order valence-corrected chi connectivity index (χ0v) is 18.0. The SMILES string of the molecule is Fc1c(F)c(F)c(-c2c(F)c(F)c(-c3cc(CBr)ccc3CBr)c(F)c2F)c(F)c1F. The van der Waals surface area contributed by atoms with Crippen LogP contribution in [0.5, 0.6) is 0 Å². The average molecular weight is 578 g/mol. The van der Waals surface area contributed by atoms with E-state index >= 15 is 0 Å². The van der Waals surface area contributed by atoms with Crippen LogP contribution in [0.2, 0.25) is 0 Å². The van der Waals surface area contributed by atoms with Crippen molar-refractivity contribution in [2.75, 3.05) is 0 Å². The minimum atomic E-state index is -2.61. The van der Waals surface area contributed by atoms with E-state index in [-0.39, 0.29) is 21.8 Å². The molecule has 11 heteroatoms. The molecule has 164 valence electrons. The Kier molecular flexibility index (Phi) is 6.75. The molecule has 0 aliphatic rings. The van der Waals surface area contributed by atoms with Crippen LogP contribution in [0.4, 0.5) is 39.5 Å². The smallest absolute Gasteiger partial charge is 0.200 e. The lowest BCUT2D eigenvalue weighted by molar-refractivity contribution is 0.379. The van der Waals surface area contributed by atoms with Gasteiger partial charge < -0.3 is 0 Å². The van der Waals surface area contributed by atoms with Gasteiger partial charge in [0.1, 0.15) is 0 Å². The molecule has 0 bridgehead atoms. The first-order valence-corrected chi connectivity index (χ1v) is 10.4. The highest BCUT2D eigenvalue weighted by atomic mass is 79.9. The molecule has 3 rings (SSSR count).